The van der Waals surface area contributed by atoms with Gasteiger partial charge >= 0.3 is 0 Å². The van der Waals surface area contributed by atoms with Gasteiger partial charge in [-0.05, 0) is 25.7 Å². The topological polar surface area (TPSA) is 52.6 Å². The Morgan fingerprint density at radius 1 is 1.38 bits per heavy atom. The maximum Gasteiger partial charge on any atom is 0.237 e. The van der Waals surface area contributed by atoms with E-state index in [9.17, 15) is 9.90 Å². The fraction of sp³-hybridized carbons (Fsp3) is 0.917. The minimum atomic E-state index is -0.195. The number of aliphatic hydroxyl groups is 1. The maximum absolute atomic E-state index is 12.1. The van der Waals surface area contributed by atoms with E-state index in [-0.39, 0.29) is 24.1 Å². The first-order valence-electron chi connectivity index (χ1n) is 6.30. The van der Waals surface area contributed by atoms with Crippen LogP contribution in [0.2, 0.25) is 0 Å². The molecule has 16 heavy (non-hydrogen) atoms. The molecule has 4 heteroatoms. The van der Waals surface area contributed by atoms with E-state index in [1.165, 1.54) is 0 Å². The number of hydrogen-bond donors (Lipinski definition) is 2. The summed E-state index contributed by atoms with van der Waals surface area (Å²) in [5.74, 6) is 0.202. The number of carbonyl (C=O) groups is 1. The highest BCUT2D eigenvalue weighted by Crippen LogP contribution is 2.35. The summed E-state index contributed by atoms with van der Waals surface area (Å²) in [7, 11) is 0. The molecule has 4 nitrogen and oxygen atoms in total. The Hall–Kier alpha value is -0.610. The summed E-state index contributed by atoms with van der Waals surface area (Å²) in [5, 5.41) is 12.8. The number of aliphatic hydroxyl groups excluding tert-OH is 1. The van der Waals surface area contributed by atoms with Crippen LogP contribution in [0, 0.1) is 0 Å². The van der Waals surface area contributed by atoms with Crippen molar-refractivity contribution in [3.8, 4) is 0 Å². The van der Waals surface area contributed by atoms with Gasteiger partial charge in [0.25, 0.3) is 0 Å². The van der Waals surface area contributed by atoms with Crippen LogP contribution in [-0.4, -0.2) is 46.7 Å². The molecule has 0 aromatic rings. The second-order valence-corrected chi connectivity index (χ2v) is 5.35. The summed E-state index contributed by atoms with van der Waals surface area (Å²) in [6.45, 7) is 4.52. The van der Waals surface area contributed by atoms with E-state index in [0.29, 0.717) is 12.6 Å². The molecular weight excluding hydrogens is 204 g/mol. The zero-order chi connectivity index (χ0) is 11.7. The van der Waals surface area contributed by atoms with E-state index in [2.05, 4.69) is 5.32 Å². The van der Waals surface area contributed by atoms with E-state index < -0.39 is 0 Å². The molecular formula is C12H22N2O2. The standard InChI is InChI=1S/C12H22N2O2/c1-8(2)13-7-12(16)14-9-3-4-10(14)6-11(15)5-9/h8-11,13,15H,3-7H2,1-2H3. The third-order valence-electron chi connectivity index (χ3n) is 3.66. The number of piperidine rings is 1. The number of rotatable bonds is 3. The van der Waals surface area contributed by atoms with Crippen LogP contribution in [0.4, 0.5) is 0 Å². The second kappa shape index (κ2) is 4.72. The van der Waals surface area contributed by atoms with E-state index in [4.69, 9.17) is 0 Å². The Balaban J connectivity index is 1.92. The van der Waals surface area contributed by atoms with E-state index in [0.717, 1.165) is 25.7 Å². The van der Waals surface area contributed by atoms with Crippen LogP contribution in [-0.2, 0) is 4.79 Å². The molecule has 0 aromatic heterocycles. The molecule has 0 saturated carbocycles. The second-order valence-electron chi connectivity index (χ2n) is 5.35. The minimum absolute atomic E-state index is 0.195. The van der Waals surface area contributed by atoms with Gasteiger partial charge in [0.2, 0.25) is 5.91 Å². The molecule has 2 aliphatic heterocycles. The largest absolute Gasteiger partial charge is 0.393 e. The highest BCUT2D eigenvalue weighted by Gasteiger charge is 2.42. The van der Waals surface area contributed by atoms with Gasteiger partial charge in [-0.25, -0.2) is 0 Å². The molecule has 0 aliphatic carbocycles. The van der Waals surface area contributed by atoms with Crippen LogP contribution in [0.1, 0.15) is 39.5 Å². The molecule has 2 rings (SSSR count). The van der Waals surface area contributed by atoms with Crippen LogP contribution in [0.25, 0.3) is 0 Å². The van der Waals surface area contributed by atoms with Crippen LogP contribution in [0.5, 0.6) is 0 Å². The van der Waals surface area contributed by atoms with Crippen LogP contribution >= 0.6 is 0 Å². The van der Waals surface area contributed by atoms with Crippen molar-refractivity contribution in [2.24, 2.45) is 0 Å². The predicted molar refractivity (Wildman–Crippen MR) is 62.0 cm³/mol. The fourth-order valence-corrected chi connectivity index (χ4v) is 2.94. The summed E-state index contributed by atoms with van der Waals surface area (Å²) >= 11 is 0. The van der Waals surface area contributed by atoms with Crippen LogP contribution < -0.4 is 5.32 Å². The number of carbonyl (C=O) groups excluding carboxylic acids is 1. The van der Waals surface area contributed by atoms with Crippen molar-refractivity contribution >= 4 is 5.91 Å². The smallest absolute Gasteiger partial charge is 0.237 e. The molecule has 2 fully saturated rings. The van der Waals surface area contributed by atoms with Gasteiger partial charge in [-0.15, -0.1) is 0 Å². The number of fused-ring (bicyclic) bond motifs is 2. The average molecular weight is 226 g/mol. The molecule has 0 radical (unpaired) electrons. The SMILES string of the molecule is CC(C)NCC(=O)N1C2CCC1CC(O)C2. The van der Waals surface area contributed by atoms with Gasteiger partial charge in [0.05, 0.1) is 12.6 Å². The fourth-order valence-electron chi connectivity index (χ4n) is 2.94. The molecule has 2 atom stereocenters. The molecule has 1 amide bonds. The summed E-state index contributed by atoms with van der Waals surface area (Å²) < 4.78 is 0. The maximum atomic E-state index is 12.1. The Morgan fingerprint density at radius 2 is 1.94 bits per heavy atom. The number of amides is 1. The summed E-state index contributed by atoms with van der Waals surface area (Å²) in [5.41, 5.74) is 0. The Kier molecular flexibility index (Phi) is 3.50. The molecule has 2 bridgehead atoms. The van der Waals surface area contributed by atoms with Gasteiger partial charge in [-0.1, -0.05) is 13.8 Å². The molecule has 0 aromatic carbocycles. The van der Waals surface area contributed by atoms with Crippen molar-refractivity contribution < 1.29 is 9.90 Å². The van der Waals surface area contributed by atoms with E-state index in [1.54, 1.807) is 0 Å². The lowest BCUT2D eigenvalue weighted by atomic mass is 10.00. The predicted octanol–water partition coefficient (Wildman–Crippen LogP) is 0.499. The zero-order valence-corrected chi connectivity index (χ0v) is 10.1. The zero-order valence-electron chi connectivity index (χ0n) is 10.1. The first-order chi connectivity index (χ1) is 7.58. The van der Waals surface area contributed by atoms with Crippen molar-refractivity contribution in [3.05, 3.63) is 0 Å². The first kappa shape index (κ1) is 11.9. The highest BCUT2D eigenvalue weighted by molar-refractivity contribution is 5.79. The third kappa shape index (κ3) is 2.38. The normalized spacial score (nSPS) is 33.5. The lowest BCUT2D eigenvalue weighted by Crippen LogP contribution is -2.51. The Morgan fingerprint density at radius 3 is 2.44 bits per heavy atom. The molecule has 2 saturated heterocycles. The molecule has 92 valence electrons. The van der Waals surface area contributed by atoms with Gasteiger partial charge in [-0.2, -0.15) is 0 Å². The molecule has 2 N–H and O–H groups in total. The van der Waals surface area contributed by atoms with Gasteiger partial charge in [-0.3, -0.25) is 4.79 Å². The van der Waals surface area contributed by atoms with Crippen molar-refractivity contribution in [2.45, 2.75) is 63.8 Å². The van der Waals surface area contributed by atoms with Crippen molar-refractivity contribution in [2.75, 3.05) is 6.54 Å². The number of nitrogens with one attached hydrogen (secondary N) is 1. The quantitative estimate of drug-likeness (QED) is 0.737. The van der Waals surface area contributed by atoms with Crippen molar-refractivity contribution in [3.63, 3.8) is 0 Å². The lowest BCUT2D eigenvalue weighted by Gasteiger charge is -2.37. The molecule has 0 spiro atoms. The van der Waals surface area contributed by atoms with Crippen LogP contribution in [0.15, 0.2) is 0 Å². The monoisotopic (exact) mass is 226 g/mol. The number of hydrogen-bond acceptors (Lipinski definition) is 3. The van der Waals surface area contributed by atoms with Gasteiger partial charge in [0.1, 0.15) is 0 Å². The third-order valence-corrected chi connectivity index (χ3v) is 3.66. The minimum Gasteiger partial charge on any atom is -0.393 e. The van der Waals surface area contributed by atoms with Crippen molar-refractivity contribution in [1.29, 1.82) is 0 Å². The van der Waals surface area contributed by atoms with Crippen LogP contribution in [0.3, 0.4) is 0 Å². The van der Waals surface area contributed by atoms with Gasteiger partial charge < -0.3 is 15.3 Å². The number of nitrogens with zero attached hydrogens (tertiary/aromatic N) is 1. The summed E-state index contributed by atoms with van der Waals surface area (Å²) in [6, 6.07) is 0.919. The average Bonchev–Trinajstić information content (AvgIpc) is 2.48. The van der Waals surface area contributed by atoms with Crippen molar-refractivity contribution in [1.82, 2.24) is 10.2 Å². The van der Waals surface area contributed by atoms with Gasteiger partial charge in [0.15, 0.2) is 0 Å². The van der Waals surface area contributed by atoms with E-state index >= 15 is 0 Å². The molecule has 2 heterocycles. The molecule has 2 unspecified atom stereocenters. The summed E-state index contributed by atoms with van der Waals surface area (Å²) in [4.78, 5) is 14.1. The first-order valence-corrected chi connectivity index (χ1v) is 6.30. The molecule has 2 aliphatic rings. The van der Waals surface area contributed by atoms with Gasteiger partial charge in [0, 0.05) is 18.1 Å². The highest BCUT2D eigenvalue weighted by atomic mass is 16.3. The summed E-state index contributed by atoms with van der Waals surface area (Å²) in [6.07, 6.45) is 3.47. The Labute approximate surface area is 97.0 Å². The van der Waals surface area contributed by atoms with E-state index in [1.807, 2.05) is 18.7 Å². The Bertz CT molecular complexity index is 254. The lowest BCUT2D eigenvalue weighted by molar-refractivity contribution is -0.136.